The molecule has 0 aliphatic heterocycles. The Morgan fingerprint density at radius 1 is 0.875 bits per heavy atom. The van der Waals surface area contributed by atoms with E-state index >= 15 is 0 Å². The fourth-order valence-electron chi connectivity index (χ4n) is 4.02. The Kier molecular flexibility index (Phi) is 2.81. The van der Waals surface area contributed by atoms with Crippen molar-refractivity contribution in [2.45, 2.75) is 58.3 Å². The number of rotatable bonds is 2. The number of ketones is 1. The number of hydrogen-bond acceptors (Lipinski definition) is 2. The number of carboxylic acids is 1. The molecular weight excluding hydrogens is 204 g/mol. The average Bonchev–Trinajstić information content (AvgIpc) is 2.28. The molecule has 2 saturated carbocycles. The monoisotopic (exact) mass is 224 g/mol. The van der Waals surface area contributed by atoms with Crippen molar-refractivity contribution in [3.63, 3.8) is 0 Å². The number of carboxylic acid groups (broad SMARTS) is 1. The van der Waals surface area contributed by atoms with E-state index in [9.17, 15) is 14.7 Å². The van der Waals surface area contributed by atoms with E-state index < -0.39 is 16.8 Å². The fraction of sp³-hybridized carbons (Fsp3) is 0.846. The third-order valence-electron chi connectivity index (χ3n) is 4.91. The van der Waals surface area contributed by atoms with Crippen molar-refractivity contribution in [3.05, 3.63) is 0 Å². The maximum Gasteiger partial charge on any atom is 0.310 e. The highest BCUT2D eigenvalue weighted by Gasteiger charge is 2.60. The first-order valence-corrected chi connectivity index (χ1v) is 6.30. The second kappa shape index (κ2) is 3.86. The SMILES string of the molecule is CC(=O)C12CCCCC1(C(=O)O)CCCC2. The first-order chi connectivity index (χ1) is 7.55. The van der Waals surface area contributed by atoms with Gasteiger partial charge >= 0.3 is 5.97 Å². The van der Waals surface area contributed by atoms with Gasteiger partial charge < -0.3 is 5.11 Å². The molecule has 2 rings (SSSR count). The Bertz CT molecular complexity index is 275. The van der Waals surface area contributed by atoms with E-state index in [0.717, 1.165) is 38.5 Å². The quantitative estimate of drug-likeness (QED) is 0.784. The summed E-state index contributed by atoms with van der Waals surface area (Å²) >= 11 is 0. The highest BCUT2D eigenvalue weighted by atomic mass is 16.4. The normalized spacial score (nSPS) is 38.8. The molecule has 0 amide bonds. The molecular formula is C13H20O3. The zero-order valence-electron chi connectivity index (χ0n) is 9.92. The molecule has 90 valence electrons. The Labute approximate surface area is 96.2 Å². The molecule has 2 aliphatic carbocycles. The molecule has 3 nitrogen and oxygen atoms in total. The van der Waals surface area contributed by atoms with Gasteiger partial charge in [-0.05, 0) is 32.6 Å². The summed E-state index contributed by atoms with van der Waals surface area (Å²) in [5, 5.41) is 9.59. The van der Waals surface area contributed by atoms with Crippen molar-refractivity contribution in [2.75, 3.05) is 0 Å². The van der Waals surface area contributed by atoms with E-state index in [-0.39, 0.29) is 5.78 Å². The minimum absolute atomic E-state index is 0.106. The van der Waals surface area contributed by atoms with E-state index in [2.05, 4.69) is 0 Å². The predicted molar refractivity (Wildman–Crippen MR) is 60.1 cm³/mol. The van der Waals surface area contributed by atoms with Gasteiger partial charge in [-0.1, -0.05) is 25.7 Å². The second-order valence-corrected chi connectivity index (χ2v) is 5.44. The van der Waals surface area contributed by atoms with Crippen LogP contribution in [-0.2, 0) is 9.59 Å². The largest absolute Gasteiger partial charge is 0.481 e. The molecule has 2 fully saturated rings. The van der Waals surface area contributed by atoms with Crippen LogP contribution in [0.5, 0.6) is 0 Å². The lowest BCUT2D eigenvalue weighted by atomic mass is 9.48. The number of Topliss-reactive ketones (excluding diaryl/α,β-unsaturated/α-hetero) is 1. The van der Waals surface area contributed by atoms with Crippen LogP contribution in [0.3, 0.4) is 0 Å². The minimum Gasteiger partial charge on any atom is -0.481 e. The summed E-state index contributed by atoms with van der Waals surface area (Å²) in [6, 6.07) is 0. The molecule has 0 aromatic heterocycles. The molecule has 1 N–H and O–H groups in total. The maximum atomic E-state index is 12.0. The first-order valence-electron chi connectivity index (χ1n) is 6.30. The lowest BCUT2D eigenvalue weighted by molar-refractivity contribution is -0.174. The molecule has 0 radical (unpaired) electrons. The smallest absolute Gasteiger partial charge is 0.310 e. The average molecular weight is 224 g/mol. The Morgan fingerprint density at radius 3 is 1.50 bits per heavy atom. The summed E-state index contributed by atoms with van der Waals surface area (Å²) in [4.78, 5) is 23.7. The molecule has 0 unspecified atom stereocenters. The van der Waals surface area contributed by atoms with Crippen molar-refractivity contribution in [3.8, 4) is 0 Å². The van der Waals surface area contributed by atoms with Crippen LogP contribution in [0.25, 0.3) is 0 Å². The molecule has 0 aromatic carbocycles. The number of aliphatic carboxylic acids is 1. The van der Waals surface area contributed by atoms with Crippen LogP contribution >= 0.6 is 0 Å². The number of carbonyl (C=O) groups is 2. The minimum atomic E-state index is -0.741. The van der Waals surface area contributed by atoms with Crippen LogP contribution in [-0.4, -0.2) is 16.9 Å². The van der Waals surface area contributed by atoms with E-state index in [1.807, 2.05) is 0 Å². The van der Waals surface area contributed by atoms with E-state index in [0.29, 0.717) is 12.8 Å². The number of hydrogen-bond donors (Lipinski definition) is 1. The van der Waals surface area contributed by atoms with Crippen LogP contribution < -0.4 is 0 Å². The summed E-state index contributed by atoms with van der Waals surface area (Å²) in [6.45, 7) is 1.59. The summed E-state index contributed by atoms with van der Waals surface area (Å²) in [7, 11) is 0. The van der Waals surface area contributed by atoms with Gasteiger partial charge in [0.2, 0.25) is 0 Å². The summed E-state index contributed by atoms with van der Waals surface area (Å²) in [5.74, 6) is -0.628. The van der Waals surface area contributed by atoms with E-state index in [4.69, 9.17) is 0 Å². The predicted octanol–water partition coefficient (Wildman–Crippen LogP) is 2.78. The van der Waals surface area contributed by atoms with Crippen molar-refractivity contribution < 1.29 is 14.7 Å². The molecule has 0 heterocycles. The molecule has 0 saturated heterocycles. The van der Waals surface area contributed by atoms with Gasteiger partial charge in [0.1, 0.15) is 5.78 Å². The number of fused-ring (bicyclic) bond motifs is 1. The standard InChI is InChI=1S/C13H20O3/c1-10(14)12-6-2-4-8-13(12,11(15)16)9-5-3-7-12/h2-9H2,1H3,(H,15,16). The van der Waals surface area contributed by atoms with Gasteiger partial charge in [-0.15, -0.1) is 0 Å². The molecule has 2 aliphatic rings. The van der Waals surface area contributed by atoms with Crippen molar-refractivity contribution in [1.82, 2.24) is 0 Å². The van der Waals surface area contributed by atoms with Gasteiger partial charge in [0.15, 0.2) is 0 Å². The van der Waals surface area contributed by atoms with Crippen LogP contribution in [0.1, 0.15) is 58.3 Å². The van der Waals surface area contributed by atoms with Gasteiger partial charge in [-0.25, -0.2) is 0 Å². The first kappa shape index (κ1) is 11.6. The Morgan fingerprint density at radius 2 is 1.25 bits per heavy atom. The maximum absolute atomic E-state index is 12.0. The highest BCUT2D eigenvalue weighted by molar-refractivity contribution is 5.91. The summed E-state index contributed by atoms with van der Waals surface area (Å²) in [6.07, 6.45) is 6.90. The van der Waals surface area contributed by atoms with Crippen LogP contribution in [0.15, 0.2) is 0 Å². The van der Waals surface area contributed by atoms with Crippen molar-refractivity contribution in [1.29, 1.82) is 0 Å². The topological polar surface area (TPSA) is 54.4 Å². The summed E-state index contributed by atoms with van der Waals surface area (Å²) in [5.41, 5.74) is -1.29. The highest BCUT2D eigenvalue weighted by Crippen LogP contribution is 2.59. The van der Waals surface area contributed by atoms with Gasteiger partial charge in [0, 0.05) is 5.41 Å². The van der Waals surface area contributed by atoms with Crippen LogP contribution in [0.4, 0.5) is 0 Å². The summed E-state index contributed by atoms with van der Waals surface area (Å²) < 4.78 is 0. The molecule has 0 spiro atoms. The van der Waals surface area contributed by atoms with Gasteiger partial charge in [0.05, 0.1) is 5.41 Å². The van der Waals surface area contributed by atoms with E-state index in [1.165, 1.54) is 0 Å². The van der Waals surface area contributed by atoms with E-state index in [1.54, 1.807) is 6.92 Å². The third kappa shape index (κ3) is 1.33. The van der Waals surface area contributed by atoms with Crippen LogP contribution in [0.2, 0.25) is 0 Å². The van der Waals surface area contributed by atoms with Crippen LogP contribution in [0, 0.1) is 10.8 Å². The second-order valence-electron chi connectivity index (χ2n) is 5.44. The Balaban J connectivity index is 2.47. The van der Waals surface area contributed by atoms with Gasteiger partial charge in [-0.3, -0.25) is 9.59 Å². The number of carbonyl (C=O) groups excluding carboxylic acids is 1. The van der Waals surface area contributed by atoms with Crippen molar-refractivity contribution >= 4 is 11.8 Å². The molecule has 3 heteroatoms. The van der Waals surface area contributed by atoms with Crippen molar-refractivity contribution in [2.24, 2.45) is 10.8 Å². The molecule has 0 bridgehead atoms. The molecule has 0 aromatic rings. The lowest BCUT2D eigenvalue weighted by Crippen LogP contribution is -2.55. The zero-order valence-corrected chi connectivity index (χ0v) is 9.92. The fourth-order valence-corrected chi connectivity index (χ4v) is 4.02. The van der Waals surface area contributed by atoms with Gasteiger partial charge in [0.25, 0.3) is 0 Å². The molecule has 0 atom stereocenters. The van der Waals surface area contributed by atoms with Gasteiger partial charge in [-0.2, -0.15) is 0 Å². The molecule has 16 heavy (non-hydrogen) atoms. The zero-order chi connectivity index (χ0) is 11.8. The Hall–Kier alpha value is -0.860. The lowest BCUT2D eigenvalue weighted by Gasteiger charge is -2.52. The third-order valence-corrected chi connectivity index (χ3v) is 4.91.